The number of non-ortho nitro benzene ring substituents is 1. The van der Waals surface area contributed by atoms with Crippen molar-refractivity contribution in [1.82, 2.24) is 9.88 Å². The summed E-state index contributed by atoms with van der Waals surface area (Å²) in [6, 6.07) is 13.1. The molecule has 0 spiro atoms. The molecule has 1 saturated heterocycles. The summed E-state index contributed by atoms with van der Waals surface area (Å²) in [7, 11) is -1.92. The molecule has 1 fully saturated rings. The summed E-state index contributed by atoms with van der Waals surface area (Å²) >= 11 is 2.82. The van der Waals surface area contributed by atoms with E-state index >= 15 is 0 Å². The summed E-state index contributed by atoms with van der Waals surface area (Å²) in [5.74, 6) is -1.32. The molecule has 1 aromatic heterocycles. The van der Waals surface area contributed by atoms with Gasteiger partial charge in [-0.2, -0.15) is 0 Å². The number of amides is 1. The smallest absolute Gasteiger partial charge is 0.356 e. The van der Waals surface area contributed by atoms with Crippen LogP contribution in [0.1, 0.15) is 25.0 Å². The van der Waals surface area contributed by atoms with Gasteiger partial charge in [0, 0.05) is 33.9 Å². The van der Waals surface area contributed by atoms with Crippen LogP contribution in [0.4, 0.5) is 5.69 Å². The topological polar surface area (TPSA) is 132 Å². The standard InChI is InChI=1S/C30H33N3O7S2Si/c1-17-25-24(18(2)40-43(3,4)5)28(35)32(25)26(29(36)39-15-20-8-12-22(13-9-20)33(37)38)27(17)42-30-31-23(16-41-30)21-10-6-19(14-34)7-11-21/h6-13,16-18,24-25,34H,14-15H2,1-5H3/t17-,18-,24-,25-/m1/s1. The highest BCUT2D eigenvalue weighted by molar-refractivity contribution is 8.04. The van der Waals surface area contributed by atoms with E-state index in [0.29, 0.717) is 10.5 Å². The van der Waals surface area contributed by atoms with Crippen molar-refractivity contribution in [3.8, 4) is 11.3 Å². The molecular weight excluding hydrogens is 607 g/mol. The number of β-lactam (4-membered cyclic amide) rings is 1. The van der Waals surface area contributed by atoms with Crippen molar-refractivity contribution in [1.29, 1.82) is 0 Å². The third-order valence-electron chi connectivity index (χ3n) is 7.46. The summed E-state index contributed by atoms with van der Waals surface area (Å²) in [6.45, 7) is 10.1. The number of aliphatic hydroxyl groups excluding tert-OH is 1. The first-order valence-corrected chi connectivity index (χ1v) is 19.0. The second-order valence-corrected chi connectivity index (χ2v) is 18.2. The van der Waals surface area contributed by atoms with Crippen molar-refractivity contribution in [2.75, 3.05) is 0 Å². The van der Waals surface area contributed by atoms with Gasteiger partial charge >= 0.3 is 5.97 Å². The number of esters is 1. The highest BCUT2D eigenvalue weighted by Crippen LogP contribution is 2.53. The van der Waals surface area contributed by atoms with Gasteiger partial charge in [-0.25, -0.2) is 9.78 Å². The number of nitrogens with zero attached hydrogens (tertiary/aromatic N) is 3. The number of thioether (sulfide) groups is 1. The molecule has 5 rings (SSSR count). The Bertz CT molecular complexity index is 1570. The van der Waals surface area contributed by atoms with Crippen LogP contribution in [0.2, 0.25) is 19.6 Å². The third-order valence-corrected chi connectivity index (χ3v) is 10.8. The average Bonchev–Trinajstić information content (AvgIpc) is 3.52. The minimum atomic E-state index is -1.92. The van der Waals surface area contributed by atoms with Crippen LogP contribution >= 0.6 is 23.1 Å². The van der Waals surface area contributed by atoms with Gasteiger partial charge in [0.2, 0.25) is 5.91 Å². The van der Waals surface area contributed by atoms with E-state index in [9.17, 15) is 24.8 Å². The lowest BCUT2D eigenvalue weighted by Crippen LogP contribution is -2.64. The van der Waals surface area contributed by atoms with Gasteiger partial charge in [0.1, 0.15) is 12.3 Å². The molecule has 4 atom stereocenters. The van der Waals surface area contributed by atoms with Crippen LogP contribution in [0.5, 0.6) is 0 Å². The minimum Gasteiger partial charge on any atom is -0.456 e. The van der Waals surface area contributed by atoms with E-state index in [-0.39, 0.29) is 54.5 Å². The fourth-order valence-electron chi connectivity index (χ4n) is 5.51. The van der Waals surface area contributed by atoms with Crippen LogP contribution in [0, 0.1) is 22.0 Å². The van der Waals surface area contributed by atoms with Crippen LogP contribution in [-0.2, 0) is 32.0 Å². The molecule has 3 aromatic rings. The van der Waals surface area contributed by atoms with Crippen molar-refractivity contribution in [2.24, 2.45) is 11.8 Å². The maximum absolute atomic E-state index is 13.6. The Morgan fingerprint density at radius 1 is 1.16 bits per heavy atom. The number of benzene rings is 2. The van der Waals surface area contributed by atoms with Gasteiger partial charge in [0.05, 0.1) is 35.3 Å². The second-order valence-electron chi connectivity index (χ2n) is 11.6. The van der Waals surface area contributed by atoms with E-state index in [4.69, 9.17) is 14.1 Å². The first-order chi connectivity index (χ1) is 20.4. The Morgan fingerprint density at radius 2 is 1.81 bits per heavy atom. The van der Waals surface area contributed by atoms with E-state index in [1.807, 2.05) is 43.5 Å². The van der Waals surface area contributed by atoms with E-state index < -0.39 is 19.2 Å². The molecule has 2 aromatic carbocycles. The van der Waals surface area contributed by atoms with E-state index in [1.54, 1.807) is 17.0 Å². The van der Waals surface area contributed by atoms with Crippen LogP contribution < -0.4 is 0 Å². The highest BCUT2D eigenvalue weighted by atomic mass is 32.2. The number of hydrogen-bond donors (Lipinski definition) is 1. The first-order valence-electron chi connectivity index (χ1n) is 13.9. The van der Waals surface area contributed by atoms with Gasteiger partial charge < -0.3 is 19.2 Å². The number of nitro benzene ring substituents is 1. The molecule has 2 aliphatic rings. The molecule has 1 N–H and O–H groups in total. The zero-order valence-electron chi connectivity index (χ0n) is 24.5. The quantitative estimate of drug-likeness (QED) is 0.0885. The fourth-order valence-corrected chi connectivity index (χ4v) is 8.86. The largest absolute Gasteiger partial charge is 0.456 e. The number of fused-ring (bicyclic) bond motifs is 1. The van der Waals surface area contributed by atoms with Crippen molar-refractivity contribution in [3.05, 3.63) is 85.8 Å². The summed E-state index contributed by atoms with van der Waals surface area (Å²) in [5.41, 5.74) is 3.26. The van der Waals surface area contributed by atoms with Crippen molar-refractivity contribution < 1.29 is 28.8 Å². The summed E-state index contributed by atoms with van der Waals surface area (Å²) in [6.07, 6.45) is -0.294. The Kier molecular flexibility index (Phi) is 8.91. The van der Waals surface area contributed by atoms with E-state index in [2.05, 4.69) is 19.6 Å². The van der Waals surface area contributed by atoms with E-state index in [0.717, 1.165) is 21.2 Å². The predicted molar refractivity (Wildman–Crippen MR) is 166 cm³/mol. The number of hydrogen-bond acceptors (Lipinski definition) is 10. The maximum Gasteiger partial charge on any atom is 0.356 e. The molecule has 1 amide bonds. The fraction of sp³-hybridized carbons (Fsp3) is 0.367. The molecule has 3 heterocycles. The molecule has 10 nitrogen and oxygen atoms in total. The summed E-state index contributed by atoms with van der Waals surface area (Å²) < 4.78 is 12.7. The van der Waals surface area contributed by atoms with Crippen LogP contribution in [0.3, 0.4) is 0 Å². The number of carbonyl (C=O) groups excluding carboxylic acids is 2. The van der Waals surface area contributed by atoms with Crippen LogP contribution in [0.25, 0.3) is 11.3 Å². The van der Waals surface area contributed by atoms with Gasteiger partial charge in [0.15, 0.2) is 12.7 Å². The molecule has 0 bridgehead atoms. The first kappa shape index (κ1) is 31.1. The Morgan fingerprint density at radius 3 is 2.42 bits per heavy atom. The zero-order valence-corrected chi connectivity index (χ0v) is 27.1. The molecular formula is C30H33N3O7S2Si. The van der Waals surface area contributed by atoms with Crippen LogP contribution in [0.15, 0.2) is 68.9 Å². The number of carbonyl (C=O) groups is 2. The Labute approximate surface area is 259 Å². The molecule has 2 aliphatic heterocycles. The van der Waals surface area contributed by atoms with Gasteiger partial charge in [0.25, 0.3) is 5.69 Å². The number of rotatable bonds is 11. The summed E-state index contributed by atoms with van der Waals surface area (Å²) in [5, 5.41) is 22.3. The molecule has 43 heavy (non-hydrogen) atoms. The Hall–Kier alpha value is -3.36. The second kappa shape index (κ2) is 12.3. The summed E-state index contributed by atoms with van der Waals surface area (Å²) in [4.78, 5) is 44.7. The molecule has 13 heteroatoms. The lowest BCUT2D eigenvalue weighted by Gasteiger charge is -2.48. The Balaban J connectivity index is 1.41. The lowest BCUT2D eigenvalue weighted by molar-refractivity contribution is -0.384. The van der Waals surface area contributed by atoms with Gasteiger partial charge in [-0.1, -0.05) is 43.0 Å². The van der Waals surface area contributed by atoms with Crippen molar-refractivity contribution >= 4 is 49.0 Å². The number of nitro groups is 1. The van der Waals surface area contributed by atoms with Gasteiger partial charge in [-0.05, 0) is 49.8 Å². The number of aliphatic hydroxyl groups is 1. The predicted octanol–water partition coefficient (Wildman–Crippen LogP) is 5.97. The van der Waals surface area contributed by atoms with Crippen molar-refractivity contribution in [2.45, 2.75) is 63.2 Å². The highest BCUT2D eigenvalue weighted by Gasteiger charge is 2.61. The number of thiazole rings is 1. The molecule has 0 saturated carbocycles. The average molecular weight is 640 g/mol. The third kappa shape index (κ3) is 6.45. The number of aromatic nitrogens is 1. The normalized spacial score (nSPS) is 20.6. The van der Waals surface area contributed by atoms with Gasteiger partial charge in [-0.3, -0.25) is 14.9 Å². The van der Waals surface area contributed by atoms with Crippen LogP contribution in [-0.4, -0.2) is 52.3 Å². The number of ether oxygens (including phenoxy) is 1. The maximum atomic E-state index is 13.6. The molecule has 0 unspecified atom stereocenters. The lowest BCUT2D eigenvalue weighted by atomic mass is 9.79. The molecule has 0 aliphatic carbocycles. The van der Waals surface area contributed by atoms with Crippen molar-refractivity contribution in [3.63, 3.8) is 0 Å². The molecule has 226 valence electrons. The monoisotopic (exact) mass is 639 g/mol. The molecule has 0 radical (unpaired) electrons. The zero-order chi connectivity index (χ0) is 31.1. The van der Waals surface area contributed by atoms with E-state index in [1.165, 1.54) is 35.2 Å². The minimum absolute atomic E-state index is 0.0352. The SMILES string of the molecule is C[C@@H](O[Si](C)(C)C)[C@H]1C(=O)N2C(C(=O)OCc3ccc([N+](=O)[O-])cc3)=C(Sc3nc(-c4ccc(CO)cc4)cs3)[C@H](C)[C@H]12. The van der Waals surface area contributed by atoms with Gasteiger partial charge in [-0.15, -0.1) is 11.3 Å².